The summed E-state index contributed by atoms with van der Waals surface area (Å²) in [5.74, 6) is -0.541. The van der Waals surface area contributed by atoms with E-state index in [1.54, 1.807) is 19.2 Å². The normalized spacial score (nSPS) is 12.2. The first-order valence-electron chi connectivity index (χ1n) is 5.66. The maximum atomic E-state index is 11.0. The van der Waals surface area contributed by atoms with Crippen LogP contribution in [0, 0.1) is 0 Å². The number of carbonyl (C=O) groups is 1. The Kier molecular flexibility index (Phi) is 5.37. The number of halogens is 1. The Labute approximate surface area is 111 Å². The first kappa shape index (κ1) is 14.7. The van der Waals surface area contributed by atoms with Crippen molar-refractivity contribution in [1.82, 2.24) is 4.98 Å². The summed E-state index contributed by atoms with van der Waals surface area (Å²) in [7, 11) is 1.63. The molecule has 1 N–H and O–H groups in total. The number of hydrogen-bond acceptors (Lipinski definition) is 4. The fraction of sp³-hybridized carbons (Fsp3) is 0.500. The number of ether oxygens (including phenoxy) is 1. The van der Waals surface area contributed by atoms with E-state index in [0.717, 1.165) is 0 Å². The Morgan fingerprint density at radius 3 is 2.78 bits per heavy atom. The van der Waals surface area contributed by atoms with E-state index < -0.39 is 5.97 Å². The second-order valence-electron chi connectivity index (χ2n) is 3.90. The largest absolute Gasteiger partial charge is 0.476 e. The molecule has 0 saturated heterocycles. The van der Waals surface area contributed by atoms with E-state index in [-0.39, 0.29) is 16.8 Å². The fourth-order valence-electron chi connectivity index (χ4n) is 1.77. The van der Waals surface area contributed by atoms with Gasteiger partial charge in [-0.15, -0.1) is 0 Å². The van der Waals surface area contributed by atoms with Crippen LogP contribution in [-0.2, 0) is 4.74 Å². The Bertz CT molecular complexity index is 426. The average molecular weight is 273 g/mol. The molecule has 0 aliphatic heterocycles. The van der Waals surface area contributed by atoms with Gasteiger partial charge in [-0.25, -0.2) is 9.78 Å². The van der Waals surface area contributed by atoms with Crippen LogP contribution < -0.4 is 4.90 Å². The summed E-state index contributed by atoms with van der Waals surface area (Å²) in [5, 5.41) is 9.14. The Hall–Kier alpha value is -1.33. The van der Waals surface area contributed by atoms with Gasteiger partial charge in [-0.05, 0) is 26.0 Å². The fourth-order valence-corrected chi connectivity index (χ4v) is 1.96. The quantitative estimate of drug-likeness (QED) is 0.861. The summed E-state index contributed by atoms with van der Waals surface area (Å²) in [4.78, 5) is 17.0. The Balaban J connectivity index is 3.07. The van der Waals surface area contributed by atoms with E-state index in [4.69, 9.17) is 21.4 Å². The lowest BCUT2D eigenvalue weighted by Crippen LogP contribution is -2.36. The highest BCUT2D eigenvalue weighted by Crippen LogP contribution is 2.20. The first-order valence-corrected chi connectivity index (χ1v) is 6.04. The number of carboxylic acid groups (broad SMARTS) is 1. The predicted octanol–water partition coefficient (Wildman–Crippen LogP) is 2.29. The molecule has 0 radical (unpaired) electrons. The van der Waals surface area contributed by atoms with Gasteiger partial charge in [0.25, 0.3) is 0 Å². The third-order valence-corrected chi connectivity index (χ3v) is 2.91. The predicted molar refractivity (Wildman–Crippen MR) is 70.6 cm³/mol. The minimum Gasteiger partial charge on any atom is -0.476 e. The van der Waals surface area contributed by atoms with Gasteiger partial charge >= 0.3 is 5.97 Å². The molecule has 1 heterocycles. The highest BCUT2D eigenvalue weighted by atomic mass is 35.5. The number of anilines is 1. The number of pyridine rings is 1. The van der Waals surface area contributed by atoms with Crippen molar-refractivity contribution in [3.8, 4) is 0 Å². The Morgan fingerprint density at radius 2 is 2.28 bits per heavy atom. The molecule has 1 aromatic rings. The van der Waals surface area contributed by atoms with Crippen LogP contribution in [0.25, 0.3) is 0 Å². The van der Waals surface area contributed by atoms with Gasteiger partial charge in [0, 0.05) is 13.7 Å². The third kappa shape index (κ3) is 3.34. The zero-order valence-corrected chi connectivity index (χ0v) is 11.4. The number of aromatic nitrogens is 1. The highest BCUT2D eigenvalue weighted by Gasteiger charge is 2.17. The van der Waals surface area contributed by atoms with Gasteiger partial charge in [-0.1, -0.05) is 11.6 Å². The van der Waals surface area contributed by atoms with Gasteiger partial charge in [0.1, 0.15) is 5.82 Å². The van der Waals surface area contributed by atoms with Crippen molar-refractivity contribution in [1.29, 1.82) is 0 Å². The first-order chi connectivity index (χ1) is 8.51. The molecule has 0 spiro atoms. The topological polar surface area (TPSA) is 62.7 Å². The lowest BCUT2D eigenvalue weighted by atomic mass is 10.2. The zero-order chi connectivity index (χ0) is 13.7. The molecule has 0 aromatic carbocycles. The van der Waals surface area contributed by atoms with Crippen LogP contribution in [0.15, 0.2) is 12.1 Å². The second-order valence-corrected chi connectivity index (χ2v) is 4.30. The van der Waals surface area contributed by atoms with Crippen molar-refractivity contribution in [2.24, 2.45) is 0 Å². The molecule has 0 aliphatic rings. The SMILES string of the molecule is CCN(c1ccc(Cl)c(C(=O)O)n1)C(C)COC. The summed E-state index contributed by atoms with van der Waals surface area (Å²) in [6.07, 6.45) is 0. The van der Waals surface area contributed by atoms with Crippen molar-refractivity contribution in [2.75, 3.05) is 25.2 Å². The van der Waals surface area contributed by atoms with E-state index in [0.29, 0.717) is 19.0 Å². The van der Waals surface area contributed by atoms with Gasteiger partial charge in [-0.2, -0.15) is 0 Å². The van der Waals surface area contributed by atoms with Crippen LogP contribution in [0.4, 0.5) is 5.82 Å². The van der Waals surface area contributed by atoms with Crippen LogP contribution in [0.1, 0.15) is 24.3 Å². The number of aromatic carboxylic acids is 1. The number of nitrogens with zero attached hydrogens (tertiary/aromatic N) is 2. The molecular weight excluding hydrogens is 256 g/mol. The van der Waals surface area contributed by atoms with Crippen molar-refractivity contribution in [2.45, 2.75) is 19.9 Å². The Morgan fingerprint density at radius 1 is 1.61 bits per heavy atom. The number of rotatable bonds is 6. The maximum absolute atomic E-state index is 11.0. The van der Waals surface area contributed by atoms with Crippen LogP contribution in [0.3, 0.4) is 0 Å². The van der Waals surface area contributed by atoms with E-state index >= 15 is 0 Å². The molecule has 0 amide bonds. The zero-order valence-electron chi connectivity index (χ0n) is 10.7. The third-order valence-electron chi connectivity index (χ3n) is 2.61. The lowest BCUT2D eigenvalue weighted by molar-refractivity contribution is 0.0690. The average Bonchev–Trinajstić information content (AvgIpc) is 2.32. The smallest absolute Gasteiger partial charge is 0.356 e. The van der Waals surface area contributed by atoms with E-state index in [2.05, 4.69) is 4.98 Å². The molecule has 0 aliphatic carbocycles. The van der Waals surface area contributed by atoms with Gasteiger partial charge in [-0.3, -0.25) is 0 Å². The standard InChI is InChI=1S/C12H17ClN2O3/c1-4-15(8(2)7-18-3)10-6-5-9(13)11(14-10)12(16)17/h5-6,8H,4,7H2,1-3H3,(H,16,17). The lowest BCUT2D eigenvalue weighted by Gasteiger charge is -2.28. The van der Waals surface area contributed by atoms with Crippen molar-refractivity contribution >= 4 is 23.4 Å². The molecule has 0 bridgehead atoms. The molecule has 1 aromatic heterocycles. The molecule has 18 heavy (non-hydrogen) atoms. The second kappa shape index (κ2) is 6.56. The van der Waals surface area contributed by atoms with Gasteiger partial charge in [0.2, 0.25) is 0 Å². The molecule has 0 fully saturated rings. The monoisotopic (exact) mass is 272 g/mol. The summed E-state index contributed by atoms with van der Waals surface area (Å²) >= 11 is 5.79. The number of methoxy groups -OCH3 is 1. The van der Waals surface area contributed by atoms with E-state index in [1.165, 1.54) is 0 Å². The number of likely N-dealkylation sites (N-methyl/N-ethyl adjacent to an activating group) is 1. The van der Waals surface area contributed by atoms with Crippen molar-refractivity contribution < 1.29 is 14.6 Å². The van der Waals surface area contributed by atoms with Gasteiger partial charge in [0.05, 0.1) is 17.7 Å². The summed E-state index contributed by atoms with van der Waals surface area (Å²) in [5.41, 5.74) is -0.128. The van der Waals surface area contributed by atoms with Crippen molar-refractivity contribution in [3.05, 3.63) is 22.8 Å². The summed E-state index contributed by atoms with van der Waals surface area (Å²) in [6.45, 7) is 5.21. The molecule has 1 atom stereocenters. The van der Waals surface area contributed by atoms with Gasteiger partial charge < -0.3 is 14.7 Å². The van der Waals surface area contributed by atoms with Crippen molar-refractivity contribution in [3.63, 3.8) is 0 Å². The molecule has 1 unspecified atom stereocenters. The molecule has 1 rings (SSSR count). The van der Waals surface area contributed by atoms with Gasteiger partial charge in [0.15, 0.2) is 5.69 Å². The molecule has 0 saturated carbocycles. The molecule has 6 heteroatoms. The minimum atomic E-state index is -1.13. The minimum absolute atomic E-state index is 0.107. The number of carboxylic acids is 1. The molecular formula is C12H17ClN2O3. The van der Waals surface area contributed by atoms with E-state index in [1.807, 2.05) is 18.7 Å². The maximum Gasteiger partial charge on any atom is 0.356 e. The molecule has 100 valence electrons. The highest BCUT2D eigenvalue weighted by molar-refractivity contribution is 6.33. The van der Waals surface area contributed by atoms with Crippen LogP contribution in [0.5, 0.6) is 0 Å². The molecule has 5 nitrogen and oxygen atoms in total. The summed E-state index contributed by atoms with van der Waals surface area (Å²) in [6, 6.07) is 3.37. The van der Waals surface area contributed by atoms with Crippen LogP contribution in [-0.4, -0.2) is 42.4 Å². The van der Waals surface area contributed by atoms with Crippen LogP contribution in [0.2, 0.25) is 5.02 Å². The summed E-state index contributed by atoms with van der Waals surface area (Å²) < 4.78 is 5.10. The van der Waals surface area contributed by atoms with E-state index in [9.17, 15) is 4.79 Å². The number of hydrogen-bond donors (Lipinski definition) is 1. The van der Waals surface area contributed by atoms with Crippen LogP contribution >= 0.6 is 11.6 Å².